The van der Waals surface area contributed by atoms with Crippen LogP contribution < -0.4 is 4.74 Å². The molecule has 4 rings (SSSR count). The van der Waals surface area contributed by atoms with E-state index >= 15 is 0 Å². The minimum Gasteiger partial charge on any atom is -0.489 e. The first-order chi connectivity index (χ1) is 16.0. The standard InChI is InChI=1S/C29H31F3O/c1-3-4-20-6-9-21(10-7-20)25-15-16-26(29(32)28(25)31)22-11-13-24(14-12-22)33-18-23-8-5-19(2)17-27(23)30/h5,8,11-17,20-21H,3-4,6-7,9-10,18H2,1-2H3. The van der Waals surface area contributed by atoms with Gasteiger partial charge in [0.1, 0.15) is 18.2 Å². The Morgan fingerprint density at radius 1 is 0.848 bits per heavy atom. The van der Waals surface area contributed by atoms with E-state index in [1.54, 1.807) is 42.5 Å². The Labute approximate surface area is 194 Å². The Kier molecular flexibility index (Phi) is 7.42. The Morgan fingerprint density at radius 3 is 2.24 bits per heavy atom. The van der Waals surface area contributed by atoms with Crippen molar-refractivity contribution in [2.24, 2.45) is 5.92 Å². The average molecular weight is 453 g/mol. The van der Waals surface area contributed by atoms with Crippen LogP contribution in [-0.4, -0.2) is 0 Å². The van der Waals surface area contributed by atoms with Crippen LogP contribution >= 0.6 is 0 Å². The molecule has 1 nitrogen and oxygen atoms in total. The molecule has 0 unspecified atom stereocenters. The first-order valence-electron chi connectivity index (χ1n) is 11.9. The number of ether oxygens (including phenoxy) is 1. The number of aryl methyl sites for hydroxylation is 1. The molecule has 33 heavy (non-hydrogen) atoms. The number of rotatable bonds is 7. The number of halogens is 3. The Bertz CT molecular complexity index is 1080. The second kappa shape index (κ2) is 10.5. The van der Waals surface area contributed by atoms with Gasteiger partial charge in [-0.05, 0) is 79.3 Å². The second-order valence-electron chi connectivity index (χ2n) is 9.24. The number of hydrogen-bond acceptors (Lipinski definition) is 1. The molecular formula is C29H31F3O. The molecule has 4 heteroatoms. The van der Waals surface area contributed by atoms with Crippen molar-refractivity contribution < 1.29 is 17.9 Å². The molecule has 0 atom stereocenters. The van der Waals surface area contributed by atoms with E-state index < -0.39 is 11.6 Å². The molecule has 1 aliphatic rings. The van der Waals surface area contributed by atoms with Crippen LogP contribution in [0.3, 0.4) is 0 Å². The Balaban J connectivity index is 1.44. The third-order valence-electron chi connectivity index (χ3n) is 6.86. The molecule has 174 valence electrons. The molecule has 0 N–H and O–H groups in total. The molecule has 0 aromatic heterocycles. The SMILES string of the molecule is CCCC1CCC(c2ccc(-c3ccc(OCc4ccc(C)cc4F)cc3)c(F)c2F)CC1. The normalized spacial score (nSPS) is 18.3. The van der Waals surface area contributed by atoms with Gasteiger partial charge in [-0.3, -0.25) is 0 Å². The Morgan fingerprint density at radius 2 is 1.58 bits per heavy atom. The summed E-state index contributed by atoms with van der Waals surface area (Å²) < 4.78 is 49.7. The zero-order valence-corrected chi connectivity index (χ0v) is 19.3. The molecule has 0 aliphatic heterocycles. The number of hydrogen-bond donors (Lipinski definition) is 0. The summed E-state index contributed by atoms with van der Waals surface area (Å²) in [5.41, 5.74) is 2.65. The molecule has 3 aromatic rings. The van der Waals surface area contributed by atoms with Gasteiger partial charge in [-0.2, -0.15) is 0 Å². The molecule has 3 aromatic carbocycles. The van der Waals surface area contributed by atoms with Gasteiger partial charge in [0.2, 0.25) is 0 Å². The van der Waals surface area contributed by atoms with Crippen LogP contribution in [0.4, 0.5) is 13.2 Å². The summed E-state index contributed by atoms with van der Waals surface area (Å²) in [4.78, 5) is 0. The molecule has 0 radical (unpaired) electrons. The van der Waals surface area contributed by atoms with E-state index in [2.05, 4.69) is 6.92 Å². The van der Waals surface area contributed by atoms with E-state index in [4.69, 9.17) is 4.74 Å². The molecule has 1 aliphatic carbocycles. The van der Waals surface area contributed by atoms with Gasteiger partial charge in [-0.15, -0.1) is 0 Å². The molecule has 0 spiro atoms. The fourth-order valence-electron chi connectivity index (χ4n) is 4.93. The van der Waals surface area contributed by atoms with E-state index in [9.17, 15) is 13.2 Å². The van der Waals surface area contributed by atoms with Crippen molar-refractivity contribution in [3.63, 3.8) is 0 Å². The highest BCUT2D eigenvalue weighted by atomic mass is 19.2. The largest absolute Gasteiger partial charge is 0.489 e. The van der Waals surface area contributed by atoms with Crippen molar-refractivity contribution in [2.75, 3.05) is 0 Å². The molecule has 0 saturated heterocycles. The van der Waals surface area contributed by atoms with Crippen molar-refractivity contribution >= 4 is 0 Å². The van der Waals surface area contributed by atoms with E-state index in [0.717, 1.165) is 37.2 Å². The molecule has 1 saturated carbocycles. The minimum atomic E-state index is -0.793. The highest BCUT2D eigenvalue weighted by Gasteiger charge is 2.26. The lowest BCUT2D eigenvalue weighted by Gasteiger charge is -2.29. The fourth-order valence-corrected chi connectivity index (χ4v) is 4.93. The van der Waals surface area contributed by atoms with Crippen LogP contribution in [0.5, 0.6) is 5.75 Å². The summed E-state index contributed by atoms with van der Waals surface area (Å²) in [6.07, 6.45) is 6.44. The predicted octanol–water partition coefficient (Wildman–Crippen LogP) is 8.73. The third kappa shape index (κ3) is 5.43. The maximum Gasteiger partial charge on any atom is 0.166 e. The lowest BCUT2D eigenvalue weighted by Crippen LogP contribution is -2.14. The topological polar surface area (TPSA) is 9.23 Å². The maximum atomic E-state index is 15.0. The molecule has 1 fully saturated rings. The summed E-state index contributed by atoms with van der Waals surface area (Å²) in [5, 5.41) is 0. The summed E-state index contributed by atoms with van der Waals surface area (Å²) in [6.45, 7) is 4.13. The van der Waals surface area contributed by atoms with Gasteiger partial charge in [0, 0.05) is 11.1 Å². The minimum absolute atomic E-state index is 0.0969. The molecule has 0 amide bonds. The van der Waals surface area contributed by atoms with Gasteiger partial charge < -0.3 is 4.74 Å². The maximum absolute atomic E-state index is 15.0. The zero-order chi connectivity index (χ0) is 23.4. The first kappa shape index (κ1) is 23.4. The summed E-state index contributed by atoms with van der Waals surface area (Å²) in [7, 11) is 0. The summed E-state index contributed by atoms with van der Waals surface area (Å²) in [6, 6.07) is 15.2. The van der Waals surface area contributed by atoms with E-state index in [1.807, 2.05) is 13.0 Å². The van der Waals surface area contributed by atoms with Gasteiger partial charge in [-0.1, -0.05) is 56.2 Å². The van der Waals surface area contributed by atoms with E-state index in [0.29, 0.717) is 22.4 Å². The van der Waals surface area contributed by atoms with Crippen LogP contribution in [0.2, 0.25) is 0 Å². The molecule has 0 heterocycles. The van der Waals surface area contributed by atoms with Crippen LogP contribution in [0.25, 0.3) is 11.1 Å². The van der Waals surface area contributed by atoms with Crippen molar-refractivity contribution in [3.05, 3.63) is 88.7 Å². The van der Waals surface area contributed by atoms with Crippen LogP contribution in [-0.2, 0) is 6.61 Å². The van der Waals surface area contributed by atoms with Crippen LogP contribution in [0.15, 0.2) is 54.6 Å². The van der Waals surface area contributed by atoms with Gasteiger partial charge in [0.25, 0.3) is 0 Å². The van der Waals surface area contributed by atoms with Gasteiger partial charge in [0.05, 0.1) is 0 Å². The lowest BCUT2D eigenvalue weighted by atomic mass is 9.77. The van der Waals surface area contributed by atoms with Gasteiger partial charge in [-0.25, -0.2) is 13.2 Å². The van der Waals surface area contributed by atoms with Gasteiger partial charge in [0.15, 0.2) is 11.6 Å². The predicted molar refractivity (Wildman–Crippen MR) is 127 cm³/mol. The van der Waals surface area contributed by atoms with Crippen LogP contribution in [0.1, 0.15) is 68.1 Å². The summed E-state index contributed by atoms with van der Waals surface area (Å²) >= 11 is 0. The van der Waals surface area contributed by atoms with Gasteiger partial charge >= 0.3 is 0 Å². The van der Waals surface area contributed by atoms with Crippen molar-refractivity contribution in [1.82, 2.24) is 0 Å². The summed E-state index contributed by atoms with van der Waals surface area (Å²) in [5.74, 6) is -0.454. The van der Waals surface area contributed by atoms with Crippen molar-refractivity contribution in [1.29, 1.82) is 0 Å². The smallest absolute Gasteiger partial charge is 0.166 e. The van der Waals surface area contributed by atoms with Crippen LogP contribution in [0, 0.1) is 30.3 Å². The molecule has 0 bridgehead atoms. The quantitative estimate of drug-likeness (QED) is 0.348. The zero-order valence-electron chi connectivity index (χ0n) is 19.3. The second-order valence-corrected chi connectivity index (χ2v) is 9.24. The van der Waals surface area contributed by atoms with Crippen molar-refractivity contribution in [2.45, 2.75) is 64.9 Å². The lowest BCUT2D eigenvalue weighted by molar-refractivity contribution is 0.300. The van der Waals surface area contributed by atoms with E-state index in [-0.39, 0.29) is 23.9 Å². The number of benzene rings is 3. The fraction of sp³-hybridized carbons (Fsp3) is 0.379. The monoisotopic (exact) mass is 452 g/mol. The highest BCUT2D eigenvalue weighted by Crippen LogP contribution is 2.40. The van der Waals surface area contributed by atoms with Crippen molar-refractivity contribution in [3.8, 4) is 16.9 Å². The first-order valence-corrected chi connectivity index (χ1v) is 11.9. The van der Waals surface area contributed by atoms with E-state index in [1.165, 1.54) is 18.9 Å². The molecular weight excluding hydrogens is 421 g/mol. The Hall–Kier alpha value is -2.75. The average Bonchev–Trinajstić information content (AvgIpc) is 2.82. The highest BCUT2D eigenvalue weighted by molar-refractivity contribution is 5.65. The third-order valence-corrected chi connectivity index (χ3v) is 6.86.